The molecule has 1 aliphatic heterocycles. The molecule has 96 valence electrons. The topological polar surface area (TPSA) is 83.6 Å². The van der Waals surface area contributed by atoms with E-state index in [-0.39, 0.29) is 18.2 Å². The molecule has 2 atom stereocenters. The monoisotopic (exact) mass is 248 g/mol. The normalized spacial score (nSPS) is 19.8. The number of carbonyl (C=O) groups is 2. The van der Waals surface area contributed by atoms with Crippen molar-refractivity contribution in [3.8, 4) is 0 Å². The van der Waals surface area contributed by atoms with Crippen molar-refractivity contribution in [3.63, 3.8) is 0 Å². The number of likely N-dealkylation sites (N-methyl/N-ethyl adjacent to an activating group) is 1. The molecule has 0 aliphatic carbocycles. The largest absolute Gasteiger partial charge is 0.480 e. The van der Waals surface area contributed by atoms with Gasteiger partial charge in [-0.2, -0.15) is 0 Å². The molecule has 0 bridgehead atoms. The van der Waals surface area contributed by atoms with Crippen LogP contribution in [0.5, 0.6) is 0 Å². The lowest BCUT2D eigenvalue weighted by Crippen LogP contribution is -2.32. The van der Waals surface area contributed by atoms with Crippen molar-refractivity contribution in [1.29, 1.82) is 0 Å². The van der Waals surface area contributed by atoms with Crippen LogP contribution in [0.2, 0.25) is 0 Å². The number of aliphatic carboxylic acids is 1. The molecule has 0 radical (unpaired) electrons. The standard InChI is InChI=1S/C13H16N2O3/c1-7-9-5-8(6-10(14)13(17)18)3-4-11(9)15(2)12(7)16/h3-5,7,10H,6,14H2,1-2H3,(H,17,18). The molecule has 5 nitrogen and oxygen atoms in total. The highest BCUT2D eigenvalue weighted by molar-refractivity contribution is 6.04. The van der Waals surface area contributed by atoms with Crippen molar-refractivity contribution in [3.05, 3.63) is 29.3 Å². The number of rotatable bonds is 3. The van der Waals surface area contributed by atoms with Crippen LogP contribution in [0.25, 0.3) is 0 Å². The lowest BCUT2D eigenvalue weighted by Gasteiger charge is -2.11. The van der Waals surface area contributed by atoms with Crippen LogP contribution >= 0.6 is 0 Å². The van der Waals surface area contributed by atoms with E-state index in [0.29, 0.717) is 0 Å². The first-order valence-electron chi connectivity index (χ1n) is 5.80. The molecule has 2 rings (SSSR count). The molecule has 1 aromatic rings. The summed E-state index contributed by atoms with van der Waals surface area (Å²) in [4.78, 5) is 24.2. The number of carboxylic acid groups (broad SMARTS) is 1. The van der Waals surface area contributed by atoms with E-state index in [1.165, 1.54) is 0 Å². The number of carboxylic acids is 1. The minimum atomic E-state index is -1.02. The molecule has 1 heterocycles. The number of nitrogens with zero attached hydrogens (tertiary/aromatic N) is 1. The second-order valence-corrected chi connectivity index (χ2v) is 4.66. The van der Waals surface area contributed by atoms with Gasteiger partial charge in [-0.05, 0) is 30.5 Å². The molecular formula is C13H16N2O3. The van der Waals surface area contributed by atoms with Gasteiger partial charge in [-0.15, -0.1) is 0 Å². The predicted octanol–water partition coefficient (Wildman–Crippen LogP) is 0.721. The number of fused-ring (bicyclic) bond motifs is 1. The molecule has 2 unspecified atom stereocenters. The van der Waals surface area contributed by atoms with Crippen molar-refractivity contribution in [2.24, 2.45) is 5.73 Å². The number of anilines is 1. The summed E-state index contributed by atoms with van der Waals surface area (Å²) in [5.74, 6) is -1.13. The fraction of sp³-hybridized carbons (Fsp3) is 0.385. The molecule has 5 heteroatoms. The number of hydrogen-bond donors (Lipinski definition) is 2. The molecule has 3 N–H and O–H groups in total. The molecule has 0 spiro atoms. The zero-order chi connectivity index (χ0) is 13.4. The van der Waals surface area contributed by atoms with Gasteiger partial charge in [0, 0.05) is 12.7 Å². The number of hydrogen-bond acceptors (Lipinski definition) is 3. The number of nitrogens with two attached hydrogens (primary N) is 1. The Morgan fingerprint density at radius 2 is 2.22 bits per heavy atom. The second-order valence-electron chi connectivity index (χ2n) is 4.66. The van der Waals surface area contributed by atoms with Gasteiger partial charge in [0.2, 0.25) is 5.91 Å². The van der Waals surface area contributed by atoms with E-state index in [0.717, 1.165) is 16.8 Å². The summed E-state index contributed by atoms with van der Waals surface area (Å²) in [7, 11) is 1.74. The van der Waals surface area contributed by atoms with Gasteiger partial charge in [0.05, 0.1) is 5.92 Å². The Labute approximate surface area is 105 Å². The van der Waals surface area contributed by atoms with Gasteiger partial charge in [-0.1, -0.05) is 12.1 Å². The van der Waals surface area contributed by atoms with Crippen LogP contribution in [-0.4, -0.2) is 30.1 Å². The molecule has 0 aromatic heterocycles. The van der Waals surface area contributed by atoms with Crippen LogP contribution in [0.4, 0.5) is 5.69 Å². The van der Waals surface area contributed by atoms with E-state index >= 15 is 0 Å². The smallest absolute Gasteiger partial charge is 0.320 e. The first-order valence-corrected chi connectivity index (χ1v) is 5.80. The minimum Gasteiger partial charge on any atom is -0.480 e. The Morgan fingerprint density at radius 3 is 2.83 bits per heavy atom. The minimum absolute atomic E-state index is 0.0599. The van der Waals surface area contributed by atoms with Gasteiger partial charge >= 0.3 is 5.97 Å². The maximum Gasteiger partial charge on any atom is 0.320 e. The highest BCUT2D eigenvalue weighted by atomic mass is 16.4. The van der Waals surface area contributed by atoms with Crippen LogP contribution < -0.4 is 10.6 Å². The van der Waals surface area contributed by atoms with E-state index in [9.17, 15) is 9.59 Å². The summed E-state index contributed by atoms with van der Waals surface area (Å²) in [5.41, 5.74) is 8.18. The highest BCUT2D eigenvalue weighted by Gasteiger charge is 2.31. The Kier molecular flexibility index (Phi) is 3.09. The van der Waals surface area contributed by atoms with Gasteiger partial charge < -0.3 is 15.7 Å². The van der Waals surface area contributed by atoms with E-state index in [4.69, 9.17) is 10.8 Å². The lowest BCUT2D eigenvalue weighted by atomic mass is 9.98. The molecule has 1 amide bonds. The third-order valence-electron chi connectivity index (χ3n) is 3.39. The van der Waals surface area contributed by atoms with Gasteiger partial charge in [-0.3, -0.25) is 9.59 Å². The van der Waals surface area contributed by atoms with Crippen LogP contribution in [0.1, 0.15) is 24.0 Å². The number of amides is 1. The first kappa shape index (κ1) is 12.6. The predicted molar refractivity (Wildman–Crippen MR) is 67.6 cm³/mol. The van der Waals surface area contributed by atoms with Gasteiger partial charge in [0.1, 0.15) is 6.04 Å². The summed E-state index contributed by atoms with van der Waals surface area (Å²) in [5, 5.41) is 8.79. The number of benzene rings is 1. The SMILES string of the molecule is CC1C(=O)N(C)c2ccc(CC(N)C(=O)O)cc21. The summed E-state index contributed by atoms with van der Waals surface area (Å²) >= 11 is 0. The van der Waals surface area contributed by atoms with Crippen molar-refractivity contribution >= 4 is 17.6 Å². The summed E-state index contributed by atoms with van der Waals surface area (Å²) < 4.78 is 0. The van der Waals surface area contributed by atoms with Crippen molar-refractivity contribution in [2.75, 3.05) is 11.9 Å². The van der Waals surface area contributed by atoms with E-state index < -0.39 is 12.0 Å². The van der Waals surface area contributed by atoms with Gasteiger partial charge in [0.15, 0.2) is 0 Å². The average Bonchev–Trinajstić information content (AvgIpc) is 2.54. The van der Waals surface area contributed by atoms with Gasteiger partial charge in [0.25, 0.3) is 0 Å². The summed E-state index contributed by atoms with van der Waals surface area (Å²) in [6, 6.07) is 4.64. The molecular weight excluding hydrogens is 232 g/mol. The first-order chi connectivity index (χ1) is 8.41. The zero-order valence-corrected chi connectivity index (χ0v) is 10.4. The lowest BCUT2D eigenvalue weighted by molar-refractivity contribution is -0.138. The summed E-state index contributed by atoms with van der Waals surface area (Å²) in [6.45, 7) is 1.85. The third kappa shape index (κ3) is 1.97. The van der Waals surface area contributed by atoms with Crippen LogP contribution in [0.15, 0.2) is 18.2 Å². The molecule has 1 aromatic carbocycles. The van der Waals surface area contributed by atoms with E-state index in [2.05, 4.69) is 0 Å². The quantitative estimate of drug-likeness (QED) is 0.825. The summed E-state index contributed by atoms with van der Waals surface area (Å²) in [6.07, 6.45) is 0.271. The van der Waals surface area contributed by atoms with Crippen LogP contribution in [0.3, 0.4) is 0 Å². The maximum absolute atomic E-state index is 11.8. The second kappa shape index (κ2) is 4.42. The molecule has 0 saturated heterocycles. The van der Waals surface area contributed by atoms with Crippen LogP contribution in [0, 0.1) is 0 Å². The van der Waals surface area contributed by atoms with E-state index in [1.54, 1.807) is 11.9 Å². The van der Waals surface area contributed by atoms with Crippen molar-refractivity contribution in [1.82, 2.24) is 0 Å². The van der Waals surface area contributed by atoms with Crippen LogP contribution in [-0.2, 0) is 16.0 Å². The molecule has 0 saturated carbocycles. The molecule has 1 aliphatic rings. The Bertz CT molecular complexity index is 513. The van der Waals surface area contributed by atoms with Gasteiger partial charge in [-0.25, -0.2) is 0 Å². The fourth-order valence-corrected chi connectivity index (χ4v) is 2.27. The van der Waals surface area contributed by atoms with E-state index in [1.807, 2.05) is 25.1 Å². The maximum atomic E-state index is 11.8. The zero-order valence-electron chi connectivity index (χ0n) is 10.4. The fourth-order valence-electron chi connectivity index (χ4n) is 2.27. The Morgan fingerprint density at radius 1 is 1.56 bits per heavy atom. The molecule has 18 heavy (non-hydrogen) atoms. The third-order valence-corrected chi connectivity index (χ3v) is 3.39. The average molecular weight is 248 g/mol. The van der Waals surface area contributed by atoms with Crippen molar-refractivity contribution < 1.29 is 14.7 Å². The van der Waals surface area contributed by atoms with Crippen molar-refractivity contribution in [2.45, 2.75) is 25.3 Å². The highest BCUT2D eigenvalue weighted by Crippen LogP contribution is 2.36. The number of carbonyl (C=O) groups excluding carboxylic acids is 1. The Balaban J connectivity index is 2.29. The Hall–Kier alpha value is -1.88. The molecule has 0 fully saturated rings.